The Morgan fingerprint density at radius 1 is 0.889 bits per heavy atom. The lowest BCUT2D eigenvalue weighted by Crippen LogP contribution is -2.47. The molecule has 0 saturated heterocycles. The Bertz CT molecular complexity index is 859. The van der Waals surface area contributed by atoms with Crippen molar-refractivity contribution in [2.24, 2.45) is 5.92 Å². The average molecular weight is 511 g/mol. The second kappa shape index (κ2) is 12.4. The van der Waals surface area contributed by atoms with Crippen LogP contribution in [-0.2, 0) is 33.4 Å². The highest BCUT2D eigenvalue weighted by atomic mass is 16.6. The fourth-order valence-electron chi connectivity index (χ4n) is 3.36. The zero-order valence-corrected chi connectivity index (χ0v) is 23.1. The van der Waals surface area contributed by atoms with Crippen LogP contribution < -0.4 is 5.32 Å². The topological polar surface area (TPSA) is 128 Å². The first-order valence-electron chi connectivity index (χ1n) is 12.2. The molecule has 0 spiro atoms. The molecule has 2 amide bonds. The molecule has 204 valence electrons. The minimum absolute atomic E-state index is 0.0581. The molecule has 1 aliphatic rings. The van der Waals surface area contributed by atoms with Crippen LogP contribution in [0.25, 0.3) is 0 Å². The van der Waals surface area contributed by atoms with Crippen molar-refractivity contribution in [3.8, 4) is 0 Å². The van der Waals surface area contributed by atoms with E-state index in [0.717, 1.165) is 0 Å². The number of carbonyl (C=O) groups is 5. The van der Waals surface area contributed by atoms with E-state index in [4.69, 9.17) is 14.2 Å². The van der Waals surface area contributed by atoms with Gasteiger partial charge in [-0.2, -0.15) is 0 Å². The summed E-state index contributed by atoms with van der Waals surface area (Å²) < 4.78 is 15.9. The number of Topliss-reactive ketones (excluding diaryl/α,β-unsaturated/α-hetero) is 1. The van der Waals surface area contributed by atoms with Crippen molar-refractivity contribution in [3.63, 3.8) is 0 Å². The molecular weight excluding hydrogens is 468 g/mol. The Labute approximate surface area is 214 Å². The van der Waals surface area contributed by atoms with Gasteiger partial charge in [-0.25, -0.2) is 4.79 Å². The normalized spacial score (nSPS) is 16.8. The second-order valence-corrected chi connectivity index (χ2v) is 11.8. The molecule has 10 nitrogen and oxygen atoms in total. The number of alkyl carbamates (subject to hydrolysis) is 1. The molecule has 0 unspecified atom stereocenters. The molecule has 36 heavy (non-hydrogen) atoms. The number of nitrogens with zero attached hydrogens (tertiary/aromatic N) is 1. The summed E-state index contributed by atoms with van der Waals surface area (Å²) in [5, 5.41) is 2.39. The zero-order chi connectivity index (χ0) is 27.9. The van der Waals surface area contributed by atoms with Crippen molar-refractivity contribution in [3.05, 3.63) is 12.2 Å². The van der Waals surface area contributed by atoms with Crippen molar-refractivity contribution >= 4 is 29.7 Å². The van der Waals surface area contributed by atoms with Gasteiger partial charge in [0.25, 0.3) is 0 Å². The lowest BCUT2D eigenvalue weighted by atomic mass is 9.93. The van der Waals surface area contributed by atoms with Crippen LogP contribution in [0.2, 0.25) is 0 Å². The van der Waals surface area contributed by atoms with Gasteiger partial charge in [0.1, 0.15) is 29.4 Å². The predicted molar refractivity (Wildman–Crippen MR) is 133 cm³/mol. The molecule has 0 radical (unpaired) electrons. The molecule has 0 saturated carbocycles. The van der Waals surface area contributed by atoms with Crippen LogP contribution in [0.3, 0.4) is 0 Å². The van der Waals surface area contributed by atoms with Crippen LogP contribution >= 0.6 is 0 Å². The highest BCUT2D eigenvalue weighted by Gasteiger charge is 2.35. The third-order valence-corrected chi connectivity index (χ3v) is 4.69. The van der Waals surface area contributed by atoms with Gasteiger partial charge < -0.3 is 24.4 Å². The number of carbonyl (C=O) groups excluding carboxylic acids is 5. The molecule has 0 aromatic rings. The van der Waals surface area contributed by atoms with E-state index in [1.165, 1.54) is 4.90 Å². The quantitative estimate of drug-likeness (QED) is 0.284. The van der Waals surface area contributed by atoms with Crippen molar-refractivity contribution < 1.29 is 38.2 Å². The number of nitrogens with one attached hydrogen (secondary N) is 1. The number of rotatable bonds is 9. The minimum Gasteiger partial charge on any atom is -0.460 e. The van der Waals surface area contributed by atoms with Crippen LogP contribution in [0.4, 0.5) is 4.79 Å². The summed E-state index contributed by atoms with van der Waals surface area (Å²) in [5.41, 5.74) is -2.15. The fraction of sp³-hybridized carbons (Fsp3) is 0.731. The summed E-state index contributed by atoms with van der Waals surface area (Å²) in [4.78, 5) is 64.1. The average Bonchev–Trinajstić information content (AvgIpc) is 3.15. The molecule has 0 fully saturated rings. The summed E-state index contributed by atoms with van der Waals surface area (Å²) >= 11 is 0. The number of amides is 2. The molecule has 0 aromatic carbocycles. The molecule has 1 N–H and O–H groups in total. The Morgan fingerprint density at radius 3 is 1.97 bits per heavy atom. The van der Waals surface area contributed by atoms with Gasteiger partial charge in [-0.3, -0.25) is 19.2 Å². The first-order valence-corrected chi connectivity index (χ1v) is 12.2. The zero-order valence-electron chi connectivity index (χ0n) is 23.1. The Kier molecular flexibility index (Phi) is 10.7. The van der Waals surface area contributed by atoms with Gasteiger partial charge >= 0.3 is 18.0 Å². The molecule has 1 aliphatic heterocycles. The lowest BCUT2D eigenvalue weighted by molar-refractivity contribution is -0.162. The Morgan fingerprint density at radius 2 is 1.44 bits per heavy atom. The summed E-state index contributed by atoms with van der Waals surface area (Å²) in [6.07, 6.45) is 2.33. The van der Waals surface area contributed by atoms with Gasteiger partial charge in [-0.1, -0.05) is 12.2 Å². The van der Waals surface area contributed by atoms with Gasteiger partial charge in [0.15, 0.2) is 5.78 Å². The van der Waals surface area contributed by atoms with Gasteiger partial charge in [0, 0.05) is 19.4 Å². The van der Waals surface area contributed by atoms with E-state index in [-0.39, 0.29) is 38.1 Å². The third-order valence-electron chi connectivity index (χ3n) is 4.69. The molecule has 1 rings (SSSR count). The maximum Gasteiger partial charge on any atom is 0.408 e. The first kappa shape index (κ1) is 31.1. The van der Waals surface area contributed by atoms with E-state index in [1.54, 1.807) is 74.5 Å². The number of hydrogen-bond acceptors (Lipinski definition) is 8. The summed E-state index contributed by atoms with van der Waals surface area (Å²) in [7, 11) is 0. The highest BCUT2D eigenvalue weighted by Crippen LogP contribution is 2.23. The van der Waals surface area contributed by atoms with Gasteiger partial charge in [-0.05, 0) is 68.7 Å². The van der Waals surface area contributed by atoms with Crippen molar-refractivity contribution in [1.29, 1.82) is 0 Å². The molecule has 1 heterocycles. The second-order valence-electron chi connectivity index (χ2n) is 11.8. The molecule has 10 heteroatoms. The maximum atomic E-state index is 13.2. The number of ether oxygens (including phenoxy) is 3. The van der Waals surface area contributed by atoms with Gasteiger partial charge in [0.2, 0.25) is 5.91 Å². The number of ketones is 1. The van der Waals surface area contributed by atoms with Crippen LogP contribution in [0, 0.1) is 5.92 Å². The lowest BCUT2D eigenvalue weighted by Gasteiger charge is -2.27. The Balaban J connectivity index is 2.85. The molecule has 0 aliphatic carbocycles. The molecule has 0 aromatic heterocycles. The van der Waals surface area contributed by atoms with Crippen LogP contribution in [-0.4, -0.2) is 70.6 Å². The molecular formula is C26H42N2O8. The standard InChI is InChI=1S/C26H42N2O8/c1-24(2,3)34-21(31)13-12-17(22(32)35-25(4,5)6)15-19(29)18-11-10-14-28(18)20(30)16-27-23(33)36-26(7,8)9/h10-11,17-18H,12-16H2,1-9H3,(H,27,33)/t17-,18+/m1/s1. The third kappa shape index (κ3) is 12.2. The Hall–Kier alpha value is -2.91. The SMILES string of the molecule is CC(C)(C)OC(=O)CC[C@H](CC(=O)[C@@H]1C=CCN1C(=O)CNC(=O)OC(C)(C)C)C(=O)OC(C)(C)C. The van der Waals surface area contributed by atoms with Crippen LogP contribution in [0.1, 0.15) is 81.6 Å². The highest BCUT2D eigenvalue weighted by molar-refractivity contribution is 5.94. The van der Waals surface area contributed by atoms with E-state index in [1.807, 2.05) is 0 Å². The van der Waals surface area contributed by atoms with E-state index in [2.05, 4.69) is 5.32 Å². The molecule has 0 bridgehead atoms. The minimum atomic E-state index is -0.885. The first-order chi connectivity index (χ1) is 16.3. The van der Waals surface area contributed by atoms with E-state index >= 15 is 0 Å². The number of esters is 2. The van der Waals surface area contributed by atoms with Gasteiger partial charge in [-0.15, -0.1) is 0 Å². The van der Waals surface area contributed by atoms with E-state index < -0.39 is 52.7 Å². The smallest absolute Gasteiger partial charge is 0.408 e. The monoisotopic (exact) mass is 510 g/mol. The van der Waals surface area contributed by atoms with E-state index in [0.29, 0.717) is 0 Å². The van der Waals surface area contributed by atoms with Crippen LogP contribution in [0.15, 0.2) is 12.2 Å². The largest absolute Gasteiger partial charge is 0.460 e. The predicted octanol–water partition coefficient (Wildman–Crippen LogP) is 3.32. The van der Waals surface area contributed by atoms with Crippen molar-refractivity contribution in [2.45, 2.75) is 104 Å². The fourth-order valence-corrected chi connectivity index (χ4v) is 3.36. The summed E-state index contributed by atoms with van der Waals surface area (Å²) in [5.74, 6) is -2.78. The summed E-state index contributed by atoms with van der Waals surface area (Å²) in [6.45, 7) is 15.4. The van der Waals surface area contributed by atoms with Crippen LogP contribution in [0.5, 0.6) is 0 Å². The van der Waals surface area contributed by atoms with Crippen molar-refractivity contribution in [2.75, 3.05) is 13.1 Å². The van der Waals surface area contributed by atoms with E-state index in [9.17, 15) is 24.0 Å². The van der Waals surface area contributed by atoms with Crippen molar-refractivity contribution in [1.82, 2.24) is 10.2 Å². The summed E-state index contributed by atoms with van der Waals surface area (Å²) in [6, 6.07) is -0.885. The molecule has 2 atom stereocenters. The maximum absolute atomic E-state index is 13.2. The number of hydrogen-bond donors (Lipinski definition) is 1. The van der Waals surface area contributed by atoms with Gasteiger partial charge in [0.05, 0.1) is 5.92 Å².